The van der Waals surface area contributed by atoms with E-state index in [4.69, 9.17) is 4.74 Å². The molecule has 33 heavy (non-hydrogen) atoms. The van der Waals surface area contributed by atoms with E-state index in [1.807, 2.05) is 29.2 Å². The number of hydrogen-bond donors (Lipinski definition) is 0. The number of pyridine rings is 1. The third-order valence-electron chi connectivity index (χ3n) is 5.51. The van der Waals surface area contributed by atoms with Crippen LogP contribution in [0.15, 0.2) is 65.3 Å². The van der Waals surface area contributed by atoms with Gasteiger partial charge in [-0.2, -0.15) is 0 Å². The second-order valence-electron chi connectivity index (χ2n) is 7.68. The third-order valence-corrected chi connectivity index (χ3v) is 6.00. The largest absolute Gasteiger partial charge is 0.495 e. The number of hydrogen-bond acceptors (Lipinski definition) is 4. The standard InChI is InChI=1S/C26H23BrFN3O2/c1-33-25-10-7-20(16-19(25)6-9-23-4-2-3-11-29-23)26(32)31-14-12-30(13-15-31)18-21-5-8-22(27)17-24(21)28/h2-5,7-8,10-11,16-17H,12-15,18H2,1H3. The summed E-state index contributed by atoms with van der Waals surface area (Å²) in [6.45, 7) is 3.06. The summed E-state index contributed by atoms with van der Waals surface area (Å²) < 4.78 is 20.3. The van der Waals surface area contributed by atoms with Crippen LogP contribution in [-0.2, 0) is 6.54 Å². The number of carbonyl (C=O) groups is 1. The van der Waals surface area contributed by atoms with Crippen molar-refractivity contribution < 1.29 is 13.9 Å². The lowest BCUT2D eigenvalue weighted by Gasteiger charge is -2.35. The summed E-state index contributed by atoms with van der Waals surface area (Å²) >= 11 is 3.29. The maximum atomic E-state index is 14.2. The normalized spacial score (nSPS) is 13.8. The fourth-order valence-electron chi connectivity index (χ4n) is 3.69. The van der Waals surface area contributed by atoms with Crippen molar-refractivity contribution in [1.29, 1.82) is 0 Å². The molecule has 2 heterocycles. The summed E-state index contributed by atoms with van der Waals surface area (Å²) in [5.41, 5.74) is 2.51. The van der Waals surface area contributed by atoms with Gasteiger partial charge in [0.15, 0.2) is 0 Å². The number of amides is 1. The highest BCUT2D eigenvalue weighted by Crippen LogP contribution is 2.21. The topological polar surface area (TPSA) is 45.7 Å². The number of methoxy groups -OCH3 is 1. The molecular weight excluding hydrogens is 485 g/mol. The molecule has 0 unspecified atom stereocenters. The zero-order valence-corrected chi connectivity index (χ0v) is 19.8. The van der Waals surface area contributed by atoms with Gasteiger partial charge in [-0.1, -0.05) is 34.0 Å². The second kappa shape index (κ2) is 10.6. The molecule has 5 nitrogen and oxygen atoms in total. The summed E-state index contributed by atoms with van der Waals surface area (Å²) in [6.07, 6.45) is 1.69. The third kappa shape index (κ3) is 5.78. The first-order valence-electron chi connectivity index (χ1n) is 10.6. The minimum Gasteiger partial charge on any atom is -0.495 e. The number of rotatable bonds is 4. The van der Waals surface area contributed by atoms with Gasteiger partial charge in [-0.25, -0.2) is 9.37 Å². The molecule has 1 saturated heterocycles. The van der Waals surface area contributed by atoms with Crippen LogP contribution in [0.25, 0.3) is 0 Å². The fraction of sp³-hybridized carbons (Fsp3) is 0.231. The summed E-state index contributed by atoms with van der Waals surface area (Å²) in [4.78, 5) is 21.3. The molecular formula is C26H23BrFN3O2. The Morgan fingerprint density at radius 3 is 2.61 bits per heavy atom. The predicted octanol–water partition coefficient (Wildman–Crippen LogP) is 4.35. The van der Waals surface area contributed by atoms with Gasteiger partial charge in [-0.3, -0.25) is 9.69 Å². The van der Waals surface area contributed by atoms with Crippen LogP contribution < -0.4 is 4.74 Å². The van der Waals surface area contributed by atoms with E-state index in [1.165, 1.54) is 6.07 Å². The number of benzene rings is 2. The van der Waals surface area contributed by atoms with E-state index >= 15 is 0 Å². The number of ether oxygens (including phenoxy) is 1. The average molecular weight is 508 g/mol. The first-order chi connectivity index (χ1) is 16.0. The van der Waals surface area contributed by atoms with Crippen molar-refractivity contribution in [3.8, 4) is 17.6 Å². The quantitative estimate of drug-likeness (QED) is 0.492. The molecule has 168 valence electrons. The lowest BCUT2D eigenvalue weighted by molar-refractivity contribution is 0.0627. The Bertz CT molecular complexity index is 1200. The van der Waals surface area contributed by atoms with E-state index in [0.717, 1.165) is 4.47 Å². The SMILES string of the molecule is COc1ccc(C(=O)N2CCN(Cc3ccc(Br)cc3F)CC2)cc1C#Cc1ccccn1. The highest BCUT2D eigenvalue weighted by Gasteiger charge is 2.23. The van der Waals surface area contributed by atoms with E-state index in [9.17, 15) is 9.18 Å². The first-order valence-corrected chi connectivity index (χ1v) is 11.4. The van der Waals surface area contributed by atoms with E-state index in [2.05, 4.69) is 37.7 Å². The molecule has 0 aliphatic carbocycles. The smallest absolute Gasteiger partial charge is 0.253 e. The lowest BCUT2D eigenvalue weighted by atomic mass is 10.1. The van der Waals surface area contributed by atoms with Crippen molar-refractivity contribution >= 4 is 21.8 Å². The summed E-state index contributed by atoms with van der Waals surface area (Å²) in [7, 11) is 1.58. The van der Waals surface area contributed by atoms with E-state index < -0.39 is 0 Å². The molecule has 0 saturated carbocycles. The number of nitrogens with zero attached hydrogens (tertiary/aromatic N) is 3. The van der Waals surface area contributed by atoms with Crippen LogP contribution in [0.5, 0.6) is 5.75 Å². The Morgan fingerprint density at radius 2 is 1.91 bits per heavy atom. The molecule has 1 aromatic heterocycles. The van der Waals surface area contributed by atoms with Crippen molar-refractivity contribution in [1.82, 2.24) is 14.8 Å². The van der Waals surface area contributed by atoms with Gasteiger partial charge in [0, 0.05) is 54.5 Å². The highest BCUT2D eigenvalue weighted by molar-refractivity contribution is 9.10. The predicted molar refractivity (Wildman–Crippen MR) is 128 cm³/mol. The summed E-state index contributed by atoms with van der Waals surface area (Å²) in [5.74, 6) is 6.42. The van der Waals surface area contributed by atoms with Gasteiger partial charge in [-0.05, 0) is 48.4 Å². The van der Waals surface area contributed by atoms with Crippen molar-refractivity contribution in [3.63, 3.8) is 0 Å². The van der Waals surface area contributed by atoms with Crippen molar-refractivity contribution in [2.24, 2.45) is 0 Å². The number of carbonyl (C=O) groups excluding carboxylic acids is 1. The molecule has 1 fully saturated rings. The molecule has 7 heteroatoms. The molecule has 1 amide bonds. The minimum absolute atomic E-state index is 0.0481. The number of piperazine rings is 1. The van der Waals surface area contributed by atoms with Crippen LogP contribution in [0.1, 0.15) is 27.2 Å². The Kier molecular flexibility index (Phi) is 7.38. The molecule has 0 radical (unpaired) electrons. The van der Waals surface area contributed by atoms with E-state index in [0.29, 0.717) is 60.9 Å². The average Bonchev–Trinajstić information content (AvgIpc) is 2.85. The van der Waals surface area contributed by atoms with Crippen molar-refractivity contribution in [2.45, 2.75) is 6.54 Å². The number of halogens is 2. The maximum Gasteiger partial charge on any atom is 0.253 e. The van der Waals surface area contributed by atoms with Crippen LogP contribution in [0.3, 0.4) is 0 Å². The zero-order chi connectivity index (χ0) is 23.2. The van der Waals surface area contributed by atoms with E-state index in [-0.39, 0.29) is 11.7 Å². The molecule has 1 aliphatic rings. The molecule has 3 aromatic rings. The molecule has 0 spiro atoms. The Hall–Kier alpha value is -3.21. The summed E-state index contributed by atoms with van der Waals surface area (Å²) in [6, 6.07) is 15.9. The summed E-state index contributed by atoms with van der Waals surface area (Å²) in [5, 5.41) is 0. The minimum atomic E-state index is -0.222. The van der Waals surface area contributed by atoms with Gasteiger partial charge < -0.3 is 9.64 Å². The molecule has 4 rings (SSSR count). The Morgan fingerprint density at radius 1 is 1.09 bits per heavy atom. The van der Waals surface area contributed by atoms with Crippen LogP contribution in [-0.4, -0.2) is 54.0 Å². The Labute approximate surface area is 201 Å². The van der Waals surface area contributed by atoms with Crippen LogP contribution in [0.4, 0.5) is 4.39 Å². The molecule has 1 aliphatic heterocycles. The van der Waals surface area contributed by atoms with Crippen LogP contribution in [0, 0.1) is 17.7 Å². The lowest BCUT2D eigenvalue weighted by Crippen LogP contribution is -2.48. The maximum absolute atomic E-state index is 14.2. The van der Waals surface area contributed by atoms with Gasteiger partial charge in [0.2, 0.25) is 0 Å². The van der Waals surface area contributed by atoms with Crippen molar-refractivity contribution in [2.75, 3.05) is 33.3 Å². The Balaban J connectivity index is 1.43. The monoisotopic (exact) mass is 507 g/mol. The van der Waals surface area contributed by atoms with Gasteiger partial charge >= 0.3 is 0 Å². The zero-order valence-electron chi connectivity index (χ0n) is 18.2. The molecule has 0 atom stereocenters. The van der Waals surface area contributed by atoms with Crippen LogP contribution in [0.2, 0.25) is 0 Å². The fourth-order valence-corrected chi connectivity index (χ4v) is 4.02. The van der Waals surface area contributed by atoms with Gasteiger partial charge in [-0.15, -0.1) is 0 Å². The van der Waals surface area contributed by atoms with Crippen molar-refractivity contribution in [3.05, 3.63) is 93.5 Å². The van der Waals surface area contributed by atoms with Crippen LogP contribution >= 0.6 is 15.9 Å². The second-order valence-corrected chi connectivity index (χ2v) is 8.60. The molecule has 0 bridgehead atoms. The van der Waals surface area contributed by atoms with Gasteiger partial charge in [0.25, 0.3) is 5.91 Å². The van der Waals surface area contributed by atoms with E-state index in [1.54, 1.807) is 37.6 Å². The van der Waals surface area contributed by atoms with Gasteiger partial charge in [0.1, 0.15) is 17.3 Å². The number of aromatic nitrogens is 1. The first kappa shape index (κ1) is 23.0. The molecule has 0 N–H and O–H groups in total. The molecule has 2 aromatic carbocycles. The van der Waals surface area contributed by atoms with Gasteiger partial charge in [0.05, 0.1) is 12.7 Å². The highest BCUT2D eigenvalue weighted by atomic mass is 79.9.